The molecule has 0 aliphatic carbocycles. The van der Waals surface area contributed by atoms with Gasteiger partial charge in [-0.25, -0.2) is 4.79 Å². The van der Waals surface area contributed by atoms with Crippen molar-refractivity contribution in [3.8, 4) is 0 Å². The number of para-hydroxylation sites is 1. The Hall–Kier alpha value is -2.91. The summed E-state index contributed by atoms with van der Waals surface area (Å²) in [6.07, 6.45) is -4.18. The summed E-state index contributed by atoms with van der Waals surface area (Å²) in [7, 11) is 0. The van der Waals surface area contributed by atoms with Crippen molar-refractivity contribution in [3.05, 3.63) is 64.4 Å². The second-order valence-corrected chi connectivity index (χ2v) is 7.62. The molecule has 1 fully saturated rings. The number of alkyl halides is 3. The summed E-state index contributed by atoms with van der Waals surface area (Å²) in [5.74, 6) is 0. The van der Waals surface area contributed by atoms with E-state index < -0.39 is 22.5 Å². The van der Waals surface area contributed by atoms with E-state index in [2.05, 4.69) is 0 Å². The zero-order chi connectivity index (χ0) is 22.8. The van der Waals surface area contributed by atoms with Crippen molar-refractivity contribution in [2.24, 2.45) is 0 Å². The van der Waals surface area contributed by atoms with Gasteiger partial charge in [-0.2, -0.15) is 13.2 Å². The van der Waals surface area contributed by atoms with Gasteiger partial charge in [0.2, 0.25) is 0 Å². The third kappa shape index (κ3) is 4.42. The molecule has 0 bridgehead atoms. The molecule has 2 aliphatic heterocycles. The number of anilines is 1. The Morgan fingerprint density at radius 1 is 1.13 bits per heavy atom. The number of hydrogen-bond donors (Lipinski definition) is 0. The molecule has 2 heterocycles. The largest absolute Gasteiger partial charge is 0.627 e. The highest BCUT2D eigenvalue weighted by molar-refractivity contribution is 5.92. The molecule has 0 unspecified atom stereocenters. The zero-order valence-electron chi connectivity index (χ0n) is 17.0. The summed E-state index contributed by atoms with van der Waals surface area (Å²) in [5, 5.41) is 13.3. The number of carbonyl (C=O) groups is 2. The standard InChI is InChI=1S/C21H21F3N2O3.CH2O/c1-14-4-2-5-15-13-29-20(27)25(19(14)15)17-8-10-26(28,11-9-17)18-7-3-6-16(12-18)21(22,23)24;1-2/h2-7,12,17H,8-11,13H2,1H3;1H2. The first-order valence-electron chi connectivity index (χ1n) is 9.78. The number of halogens is 3. The molecule has 2 aromatic carbocycles. The average molecular weight is 436 g/mol. The lowest BCUT2D eigenvalue weighted by molar-refractivity contribution is -0.137. The average Bonchev–Trinajstić information content (AvgIpc) is 2.76. The smallest absolute Gasteiger partial charge is 0.416 e. The molecule has 2 aliphatic rings. The van der Waals surface area contributed by atoms with Crippen molar-refractivity contribution < 1.29 is 27.5 Å². The second kappa shape index (κ2) is 8.68. The first-order valence-corrected chi connectivity index (χ1v) is 9.78. The minimum absolute atomic E-state index is 0.0936. The van der Waals surface area contributed by atoms with Gasteiger partial charge in [0, 0.05) is 24.5 Å². The number of aryl methyl sites for hydroxylation is 1. The van der Waals surface area contributed by atoms with Crippen LogP contribution in [0, 0.1) is 12.1 Å². The number of piperidine rings is 1. The van der Waals surface area contributed by atoms with Crippen molar-refractivity contribution in [2.45, 2.75) is 38.6 Å². The van der Waals surface area contributed by atoms with Gasteiger partial charge in [0.1, 0.15) is 19.1 Å². The molecule has 31 heavy (non-hydrogen) atoms. The molecule has 0 aromatic heterocycles. The van der Waals surface area contributed by atoms with Crippen molar-refractivity contribution >= 4 is 24.3 Å². The summed E-state index contributed by atoms with van der Waals surface area (Å²) in [4.78, 5) is 22.1. The number of hydroxylamine groups is 2. The molecule has 4 rings (SSSR count). The molecule has 2 aromatic rings. The van der Waals surface area contributed by atoms with E-state index in [0.29, 0.717) is 12.8 Å². The minimum atomic E-state index is -4.49. The molecule has 0 spiro atoms. The fourth-order valence-corrected chi connectivity index (χ4v) is 4.24. The molecule has 0 atom stereocenters. The number of ether oxygens (including phenoxy) is 1. The lowest BCUT2D eigenvalue weighted by Gasteiger charge is -2.49. The van der Waals surface area contributed by atoms with Crippen LogP contribution < -0.4 is 9.55 Å². The van der Waals surface area contributed by atoms with Gasteiger partial charge in [0.15, 0.2) is 0 Å². The Labute approximate surface area is 178 Å². The Morgan fingerprint density at radius 3 is 2.42 bits per heavy atom. The number of cyclic esters (lactones) is 1. The number of quaternary nitrogens is 1. The second-order valence-electron chi connectivity index (χ2n) is 7.62. The summed E-state index contributed by atoms with van der Waals surface area (Å²) in [6, 6.07) is 10.1. The maximum atomic E-state index is 13.3. The number of amides is 1. The fourth-order valence-electron chi connectivity index (χ4n) is 4.24. The zero-order valence-corrected chi connectivity index (χ0v) is 17.0. The highest BCUT2D eigenvalue weighted by Crippen LogP contribution is 2.38. The van der Waals surface area contributed by atoms with E-state index in [9.17, 15) is 23.2 Å². The van der Waals surface area contributed by atoms with Crippen LogP contribution in [0.4, 0.5) is 29.3 Å². The van der Waals surface area contributed by atoms with Crippen LogP contribution in [0.15, 0.2) is 42.5 Å². The van der Waals surface area contributed by atoms with Crippen molar-refractivity contribution in [1.82, 2.24) is 4.65 Å². The summed E-state index contributed by atoms with van der Waals surface area (Å²) < 4.78 is 43.5. The van der Waals surface area contributed by atoms with Crippen molar-refractivity contribution in [2.75, 3.05) is 18.0 Å². The lowest BCUT2D eigenvalue weighted by atomic mass is 9.98. The maximum Gasteiger partial charge on any atom is 0.416 e. The molecule has 0 saturated carbocycles. The lowest BCUT2D eigenvalue weighted by Crippen LogP contribution is -2.56. The van der Waals surface area contributed by atoms with E-state index in [4.69, 9.17) is 9.53 Å². The maximum absolute atomic E-state index is 13.3. The van der Waals surface area contributed by atoms with Gasteiger partial charge in [-0.05, 0) is 24.6 Å². The molecular formula is C22H23F3N2O4. The van der Waals surface area contributed by atoms with Gasteiger partial charge in [-0.3, -0.25) is 4.90 Å². The van der Waals surface area contributed by atoms with Gasteiger partial charge in [0.25, 0.3) is 0 Å². The van der Waals surface area contributed by atoms with Crippen LogP contribution >= 0.6 is 0 Å². The topological polar surface area (TPSA) is 69.7 Å². The highest BCUT2D eigenvalue weighted by atomic mass is 19.4. The van der Waals surface area contributed by atoms with Crippen LogP contribution in [-0.2, 0) is 22.3 Å². The number of nitrogens with zero attached hydrogens (tertiary/aromatic N) is 2. The van der Waals surface area contributed by atoms with Crippen LogP contribution in [0.1, 0.15) is 29.5 Å². The normalized spacial score (nSPS) is 23.3. The number of hydrogen-bond acceptors (Lipinski definition) is 4. The molecule has 166 valence electrons. The predicted molar refractivity (Wildman–Crippen MR) is 110 cm³/mol. The van der Waals surface area contributed by atoms with Crippen molar-refractivity contribution in [3.63, 3.8) is 0 Å². The Kier molecular flexibility index (Phi) is 6.38. The summed E-state index contributed by atoms with van der Waals surface area (Å²) in [6.45, 7) is 4.32. The van der Waals surface area contributed by atoms with Crippen LogP contribution in [0.2, 0.25) is 0 Å². The van der Waals surface area contributed by atoms with Crippen LogP contribution in [0.25, 0.3) is 0 Å². The highest BCUT2D eigenvalue weighted by Gasteiger charge is 2.39. The Balaban J connectivity index is 0.00000132. The van der Waals surface area contributed by atoms with E-state index in [1.165, 1.54) is 12.1 Å². The molecule has 6 nitrogen and oxygen atoms in total. The molecule has 1 saturated heterocycles. The van der Waals surface area contributed by atoms with Crippen LogP contribution in [0.3, 0.4) is 0 Å². The number of rotatable bonds is 2. The van der Waals surface area contributed by atoms with Gasteiger partial charge in [0.05, 0.1) is 30.4 Å². The molecule has 0 radical (unpaired) electrons. The van der Waals surface area contributed by atoms with Gasteiger partial charge >= 0.3 is 12.3 Å². The van der Waals surface area contributed by atoms with Crippen molar-refractivity contribution in [1.29, 1.82) is 0 Å². The van der Waals surface area contributed by atoms with Gasteiger partial charge < -0.3 is 19.4 Å². The first-order chi connectivity index (χ1) is 14.7. The van der Waals surface area contributed by atoms with Gasteiger partial charge in [-0.1, -0.05) is 24.3 Å². The fraction of sp³-hybridized carbons (Fsp3) is 0.364. The Bertz CT molecular complexity index is 956. The van der Waals surface area contributed by atoms with E-state index in [1.54, 1.807) is 4.90 Å². The molecule has 9 heteroatoms. The third-order valence-electron chi connectivity index (χ3n) is 5.77. The predicted octanol–water partition coefficient (Wildman–Crippen LogP) is 4.95. The number of carbonyl (C=O) groups excluding carboxylic acids is 2. The monoisotopic (exact) mass is 436 g/mol. The third-order valence-corrected chi connectivity index (χ3v) is 5.77. The SMILES string of the molecule is C=O.Cc1cccc2c1N(C1CC[N+]([O-])(c3cccc(C(F)(F)F)c3)CC1)C(=O)OC2. The number of fused-ring (bicyclic) bond motifs is 1. The van der Waals surface area contributed by atoms with E-state index in [1.807, 2.05) is 31.9 Å². The van der Waals surface area contributed by atoms with E-state index in [0.717, 1.165) is 28.9 Å². The summed E-state index contributed by atoms with van der Waals surface area (Å²) in [5.41, 5.74) is 1.95. The first kappa shape index (κ1) is 22.8. The van der Waals surface area contributed by atoms with Crippen LogP contribution in [-0.4, -0.2) is 32.0 Å². The summed E-state index contributed by atoms with van der Waals surface area (Å²) >= 11 is 0. The van der Waals surface area contributed by atoms with Gasteiger partial charge in [-0.15, -0.1) is 0 Å². The molecule has 0 N–H and O–H groups in total. The quantitative estimate of drug-likeness (QED) is 0.493. The Morgan fingerprint density at radius 2 is 1.77 bits per heavy atom. The van der Waals surface area contributed by atoms with E-state index >= 15 is 0 Å². The van der Waals surface area contributed by atoms with Crippen LogP contribution in [0.5, 0.6) is 0 Å². The molecule has 1 amide bonds. The number of benzene rings is 2. The van der Waals surface area contributed by atoms with E-state index in [-0.39, 0.29) is 31.4 Å². The minimum Gasteiger partial charge on any atom is -0.627 e. The molecular weight excluding hydrogens is 413 g/mol.